The lowest BCUT2D eigenvalue weighted by atomic mass is 10.1. The molecule has 0 aliphatic carbocycles. The number of aryl methyl sites for hydroxylation is 1. The van der Waals surface area contributed by atoms with Crippen LogP contribution in [-0.2, 0) is 6.54 Å². The molecule has 86 valence electrons. The lowest BCUT2D eigenvalue weighted by molar-refractivity contribution is 0.485. The Morgan fingerprint density at radius 3 is 2.81 bits per heavy atom. The van der Waals surface area contributed by atoms with E-state index in [0.717, 1.165) is 17.9 Å². The number of nitrogens with one attached hydrogen (secondary N) is 1. The van der Waals surface area contributed by atoms with Gasteiger partial charge in [-0.05, 0) is 53.3 Å². The molecule has 1 aromatic carbocycles. The summed E-state index contributed by atoms with van der Waals surface area (Å²) in [5.41, 5.74) is 2.24. The number of benzene rings is 1. The summed E-state index contributed by atoms with van der Waals surface area (Å²) in [7, 11) is 0. The van der Waals surface area contributed by atoms with Crippen molar-refractivity contribution in [3.05, 3.63) is 33.1 Å². The quantitative estimate of drug-likeness (QED) is 0.866. The minimum absolute atomic E-state index is 0.479. The van der Waals surface area contributed by atoms with Crippen LogP contribution in [0.4, 0.5) is 0 Å². The third-order valence-corrected chi connectivity index (χ3v) is 3.34. The van der Waals surface area contributed by atoms with E-state index < -0.39 is 0 Å². The maximum Gasteiger partial charge on any atom is 0.134 e. The molecule has 0 spiro atoms. The van der Waals surface area contributed by atoms with Gasteiger partial charge in [-0.2, -0.15) is 0 Å². The number of hydrogen-bond acceptors (Lipinski definition) is 2. The number of rotatable bonds is 3. The first kappa shape index (κ1) is 11.9. The Bertz CT molecular complexity index is 502. The van der Waals surface area contributed by atoms with Gasteiger partial charge in [-0.15, -0.1) is 0 Å². The summed E-state index contributed by atoms with van der Waals surface area (Å²) in [5, 5.41) is 4.61. The molecule has 0 aliphatic rings. The normalized spacial score (nSPS) is 11.6. The van der Waals surface area contributed by atoms with Crippen LogP contribution in [0.1, 0.15) is 25.2 Å². The second-order valence-corrected chi connectivity index (χ2v) is 5.57. The zero-order valence-corrected chi connectivity index (χ0v) is 12.0. The Morgan fingerprint density at radius 1 is 1.38 bits per heavy atom. The monoisotopic (exact) mass is 329 g/mol. The molecule has 0 saturated heterocycles. The number of fused-ring (bicyclic) bond motifs is 1. The molecule has 0 radical (unpaired) electrons. The first-order valence-corrected chi connectivity index (χ1v) is 6.56. The van der Waals surface area contributed by atoms with Crippen molar-refractivity contribution in [1.82, 2.24) is 5.32 Å². The number of hydrogen-bond donors (Lipinski definition) is 1. The first-order chi connectivity index (χ1) is 7.58. The van der Waals surface area contributed by atoms with Gasteiger partial charge in [-0.1, -0.05) is 13.8 Å². The van der Waals surface area contributed by atoms with Crippen LogP contribution in [0.3, 0.4) is 0 Å². The molecule has 0 bridgehead atoms. The van der Waals surface area contributed by atoms with Crippen molar-refractivity contribution in [2.45, 2.75) is 33.4 Å². The molecular formula is C13H16INO. The van der Waals surface area contributed by atoms with Crippen LogP contribution in [0.5, 0.6) is 0 Å². The lowest BCUT2D eigenvalue weighted by Gasteiger charge is -2.05. The standard InChI is InChI=1S/C13H16INO/c1-8(2)15-7-13-9(3)11-6-10(14)4-5-12(11)16-13/h4-6,8,15H,7H2,1-3H3. The van der Waals surface area contributed by atoms with Gasteiger partial charge in [0.25, 0.3) is 0 Å². The molecule has 0 unspecified atom stereocenters. The van der Waals surface area contributed by atoms with Gasteiger partial charge < -0.3 is 9.73 Å². The highest BCUT2D eigenvalue weighted by Crippen LogP contribution is 2.26. The average Bonchev–Trinajstić information content (AvgIpc) is 2.53. The van der Waals surface area contributed by atoms with Crippen LogP contribution < -0.4 is 5.32 Å². The van der Waals surface area contributed by atoms with Crippen molar-refractivity contribution >= 4 is 33.6 Å². The molecule has 0 fully saturated rings. The van der Waals surface area contributed by atoms with Crippen molar-refractivity contribution in [2.75, 3.05) is 0 Å². The summed E-state index contributed by atoms with van der Waals surface area (Å²) < 4.78 is 7.09. The second-order valence-electron chi connectivity index (χ2n) is 4.33. The van der Waals surface area contributed by atoms with E-state index in [1.165, 1.54) is 14.5 Å². The molecule has 0 atom stereocenters. The van der Waals surface area contributed by atoms with Gasteiger partial charge >= 0.3 is 0 Å². The molecular weight excluding hydrogens is 313 g/mol. The third kappa shape index (κ3) is 2.40. The summed E-state index contributed by atoms with van der Waals surface area (Å²) >= 11 is 2.33. The first-order valence-electron chi connectivity index (χ1n) is 5.49. The summed E-state index contributed by atoms with van der Waals surface area (Å²) in [6.07, 6.45) is 0. The van der Waals surface area contributed by atoms with Gasteiger partial charge in [0.2, 0.25) is 0 Å². The van der Waals surface area contributed by atoms with E-state index in [-0.39, 0.29) is 0 Å². The molecule has 0 amide bonds. The lowest BCUT2D eigenvalue weighted by Crippen LogP contribution is -2.21. The number of furan rings is 1. The predicted molar refractivity (Wildman–Crippen MR) is 75.6 cm³/mol. The largest absolute Gasteiger partial charge is 0.459 e. The maximum atomic E-state index is 5.84. The topological polar surface area (TPSA) is 25.2 Å². The van der Waals surface area contributed by atoms with Crippen molar-refractivity contribution in [3.63, 3.8) is 0 Å². The summed E-state index contributed by atoms with van der Waals surface area (Å²) in [6, 6.07) is 6.77. The van der Waals surface area contributed by atoms with E-state index in [9.17, 15) is 0 Å². The molecule has 3 heteroatoms. The Labute approximate surface area is 110 Å². The van der Waals surface area contributed by atoms with Crippen molar-refractivity contribution in [1.29, 1.82) is 0 Å². The predicted octanol–water partition coefficient (Wildman–Crippen LogP) is 3.84. The van der Waals surface area contributed by atoms with Crippen molar-refractivity contribution in [2.24, 2.45) is 0 Å². The summed E-state index contributed by atoms with van der Waals surface area (Å²) in [5.74, 6) is 1.05. The van der Waals surface area contributed by atoms with Gasteiger partial charge in [-0.25, -0.2) is 0 Å². The summed E-state index contributed by atoms with van der Waals surface area (Å²) in [6.45, 7) is 7.20. The Kier molecular flexibility index (Phi) is 3.54. The fourth-order valence-electron chi connectivity index (χ4n) is 1.71. The third-order valence-electron chi connectivity index (χ3n) is 2.67. The van der Waals surface area contributed by atoms with Crippen LogP contribution in [-0.4, -0.2) is 6.04 Å². The maximum absolute atomic E-state index is 5.84. The van der Waals surface area contributed by atoms with Gasteiger partial charge in [0.1, 0.15) is 11.3 Å². The van der Waals surface area contributed by atoms with E-state index >= 15 is 0 Å². The van der Waals surface area contributed by atoms with E-state index in [1.807, 2.05) is 6.07 Å². The van der Waals surface area contributed by atoms with Gasteiger partial charge in [0.05, 0.1) is 6.54 Å². The molecule has 2 aromatic rings. The van der Waals surface area contributed by atoms with E-state index in [1.54, 1.807) is 0 Å². The van der Waals surface area contributed by atoms with Crippen molar-refractivity contribution < 1.29 is 4.42 Å². The van der Waals surface area contributed by atoms with Gasteiger partial charge in [0, 0.05) is 15.0 Å². The molecule has 1 N–H and O–H groups in total. The van der Waals surface area contributed by atoms with Gasteiger partial charge in [0.15, 0.2) is 0 Å². The molecule has 1 aromatic heterocycles. The Morgan fingerprint density at radius 2 is 2.12 bits per heavy atom. The minimum atomic E-state index is 0.479. The van der Waals surface area contributed by atoms with Crippen LogP contribution in [0, 0.1) is 10.5 Å². The van der Waals surface area contributed by atoms with E-state index in [2.05, 4.69) is 60.8 Å². The highest BCUT2D eigenvalue weighted by atomic mass is 127. The fourth-order valence-corrected chi connectivity index (χ4v) is 2.20. The van der Waals surface area contributed by atoms with Crippen molar-refractivity contribution in [3.8, 4) is 0 Å². The van der Waals surface area contributed by atoms with E-state index in [4.69, 9.17) is 4.42 Å². The highest BCUT2D eigenvalue weighted by Gasteiger charge is 2.10. The van der Waals surface area contributed by atoms with Crippen LogP contribution >= 0.6 is 22.6 Å². The Balaban J connectivity index is 2.36. The Hall–Kier alpha value is -0.550. The SMILES string of the molecule is Cc1c(CNC(C)C)oc2ccc(I)cc12. The molecule has 1 heterocycles. The summed E-state index contributed by atoms with van der Waals surface area (Å²) in [4.78, 5) is 0. The zero-order valence-electron chi connectivity index (χ0n) is 9.80. The average molecular weight is 329 g/mol. The van der Waals surface area contributed by atoms with E-state index in [0.29, 0.717) is 6.04 Å². The van der Waals surface area contributed by atoms with Crippen LogP contribution in [0.15, 0.2) is 22.6 Å². The van der Waals surface area contributed by atoms with Gasteiger partial charge in [-0.3, -0.25) is 0 Å². The fraction of sp³-hybridized carbons (Fsp3) is 0.385. The molecule has 0 aliphatic heterocycles. The minimum Gasteiger partial charge on any atom is -0.459 e. The second kappa shape index (κ2) is 4.75. The smallest absolute Gasteiger partial charge is 0.134 e. The molecule has 2 nitrogen and oxygen atoms in total. The van der Waals surface area contributed by atoms with Crippen LogP contribution in [0.2, 0.25) is 0 Å². The zero-order chi connectivity index (χ0) is 11.7. The highest BCUT2D eigenvalue weighted by molar-refractivity contribution is 14.1. The molecule has 16 heavy (non-hydrogen) atoms. The molecule has 2 rings (SSSR count). The van der Waals surface area contributed by atoms with Crippen LogP contribution in [0.25, 0.3) is 11.0 Å². The molecule has 0 saturated carbocycles. The number of halogens is 1.